The van der Waals surface area contributed by atoms with Crippen molar-refractivity contribution in [1.29, 1.82) is 0 Å². The average Bonchev–Trinajstić information content (AvgIpc) is 2.97. The van der Waals surface area contributed by atoms with Gasteiger partial charge in [-0.25, -0.2) is 9.97 Å². The molecule has 0 aliphatic rings. The summed E-state index contributed by atoms with van der Waals surface area (Å²) in [5, 5.41) is 7.95. The summed E-state index contributed by atoms with van der Waals surface area (Å²) in [6, 6.07) is 0. The zero-order valence-corrected chi connectivity index (χ0v) is 14.3. The summed E-state index contributed by atoms with van der Waals surface area (Å²) in [7, 11) is 0. The molecule has 0 atom stereocenters. The predicted octanol–water partition coefficient (Wildman–Crippen LogP) is 4.12. The lowest BCUT2D eigenvalue weighted by atomic mass is 10.1. The van der Waals surface area contributed by atoms with Gasteiger partial charge in [0.15, 0.2) is 0 Å². The highest BCUT2D eigenvalue weighted by molar-refractivity contribution is 7.12. The van der Waals surface area contributed by atoms with Gasteiger partial charge < -0.3 is 5.32 Å². The minimum absolute atomic E-state index is 0.483. The van der Waals surface area contributed by atoms with Crippen molar-refractivity contribution in [2.45, 2.75) is 53.0 Å². The second-order valence-electron chi connectivity index (χ2n) is 5.31. The fourth-order valence-electron chi connectivity index (χ4n) is 2.06. The lowest BCUT2D eigenvalue weighted by molar-refractivity contribution is 0.670. The summed E-state index contributed by atoms with van der Waals surface area (Å²) in [6.07, 6.45) is 2.04. The van der Waals surface area contributed by atoms with Crippen LogP contribution in [0.1, 0.15) is 59.4 Å². The number of hydrogen-bond donors (Lipinski definition) is 1. The van der Waals surface area contributed by atoms with E-state index < -0.39 is 0 Å². The Kier molecular flexibility index (Phi) is 5.69. The lowest BCUT2D eigenvalue weighted by Crippen LogP contribution is -2.14. The Morgan fingerprint density at radius 2 is 2.05 bits per heavy atom. The monoisotopic (exact) mass is 309 g/mol. The van der Waals surface area contributed by atoms with Crippen LogP contribution in [0.25, 0.3) is 0 Å². The van der Waals surface area contributed by atoms with Crippen LogP contribution < -0.4 is 5.32 Å². The third-order valence-corrected chi connectivity index (χ3v) is 5.04. The van der Waals surface area contributed by atoms with E-state index in [4.69, 9.17) is 4.98 Å². The number of rotatable bonds is 7. The third-order valence-electron chi connectivity index (χ3n) is 3.00. The molecule has 0 spiro atoms. The lowest BCUT2D eigenvalue weighted by Gasteiger charge is -2.05. The number of nitrogens with one attached hydrogen (secondary N) is 1. The van der Waals surface area contributed by atoms with Crippen molar-refractivity contribution in [2.24, 2.45) is 0 Å². The minimum Gasteiger partial charge on any atom is -0.312 e. The van der Waals surface area contributed by atoms with Crippen LogP contribution in [0.5, 0.6) is 0 Å². The molecule has 0 aliphatic carbocycles. The normalized spacial score (nSPS) is 11.4. The summed E-state index contributed by atoms with van der Waals surface area (Å²) < 4.78 is 0. The van der Waals surface area contributed by atoms with E-state index in [0.29, 0.717) is 5.92 Å². The SMILES string of the molecule is CCCNCc1sc(Cc2nc(C)cs2)nc1C(C)C. The zero-order chi connectivity index (χ0) is 14.5. The first kappa shape index (κ1) is 15.6. The van der Waals surface area contributed by atoms with Crippen LogP contribution in [0.15, 0.2) is 5.38 Å². The molecule has 5 heteroatoms. The highest BCUT2D eigenvalue weighted by atomic mass is 32.1. The molecule has 1 N–H and O–H groups in total. The van der Waals surface area contributed by atoms with E-state index in [1.807, 2.05) is 18.3 Å². The molecule has 0 bridgehead atoms. The first-order chi connectivity index (χ1) is 9.60. The van der Waals surface area contributed by atoms with Crippen molar-refractivity contribution >= 4 is 22.7 Å². The van der Waals surface area contributed by atoms with E-state index in [9.17, 15) is 0 Å². The van der Waals surface area contributed by atoms with Gasteiger partial charge in [0.2, 0.25) is 0 Å². The maximum absolute atomic E-state index is 4.84. The number of thiazole rings is 2. The molecule has 0 fully saturated rings. The van der Waals surface area contributed by atoms with Gasteiger partial charge in [0.1, 0.15) is 0 Å². The molecule has 0 aliphatic heterocycles. The maximum Gasteiger partial charge on any atom is 0.0999 e. The van der Waals surface area contributed by atoms with Crippen LogP contribution in [0.2, 0.25) is 0 Å². The molecule has 2 rings (SSSR count). The van der Waals surface area contributed by atoms with Gasteiger partial charge in [-0.15, -0.1) is 22.7 Å². The Balaban J connectivity index is 2.11. The second kappa shape index (κ2) is 7.29. The Hall–Kier alpha value is -0.780. The predicted molar refractivity (Wildman–Crippen MR) is 87.9 cm³/mol. The van der Waals surface area contributed by atoms with E-state index >= 15 is 0 Å². The molecular formula is C15H23N3S2. The van der Waals surface area contributed by atoms with Crippen LogP contribution in [-0.4, -0.2) is 16.5 Å². The molecule has 3 nitrogen and oxygen atoms in total. The van der Waals surface area contributed by atoms with E-state index in [2.05, 4.69) is 36.5 Å². The van der Waals surface area contributed by atoms with Gasteiger partial charge in [-0.1, -0.05) is 20.8 Å². The Morgan fingerprint density at radius 3 is 2.65 bits per heavy atom. The molecule has 0 saturated carbocycles. The Labute approximate surface area is 129 Å². The summed E-state index contributed by atoms with van der Waals surface area (Å²) in [4.78, 5) is 10.8. The Morgan fingerprint density at radius 1 is 1.25 bits per heavy atom. The minimum atomic E-state index is 0.483. The fourth-order valence-corrected chi connectivity index (χ4v) is 4.12. The van der Waals surface area contributed by atoms with Crippen molar-refractivity contribution in [1.82, 2.24) is 15.3 Å². The number of hydrogen-bond acceptors (Lipinski definition) is 5. The smallest absolute Gasteiger partial charge is 0.0999 e. The molecule has 20 heavy (non-hydrogen) atoms. The standard InChI is InChI=1S/C15H23N3S2/c1-5-6-16-8-12-15(10(2)3)18-14(20-12)7-13-17-11(4)9-19-13/h9-10,16H,5-8H2,1-4H3. The molecule has 0 saturated heterocycles. The molecule has 2 heterocycles. The molecule has 2 aromatic heterocycles. The van der Waals surface area contributed by atoms with Crippen molar-refractivity contribution in [3.05, 3.63) is 31.7 Å². The summed E-state index contributed by atoms with van der Waals surface area (Å²) in [5.74, 6) is 0.483. The van der Waals surface area contributed by atoms with E-state index in [0.717, 1.165) is 25.2 Å². The van der Waals surface area contributed by atoms with Crippen molar-refractivity contribution < 1.29 is 0 Å². The van der Waals surface area contributed by atoms with Crippen LogP contribution >= 0.6 is 22.7 Å². The van der Waals surface area contributed by atoms with Gasteiger partial charge in [0.25, 0.3) is 0 Å². The summed E-state index contributed by atoms with van der Waals surface area (Å²) >= 11 is 3.56. The molecule has 0 unspecified atom stereocenters. The number of nitrogens with zero attached hydrogens (tertiary/aromatic N) is 2. The van der Waals surface area contributed by atoms with Crippen LogP contribution in [-0.2, 0) is 13.0 Å². The molecular weight excluding hydrogens is 286 g/mol. The maximum atomic E-state index is 4.84. The topological polar surface area (TPSA) is 37.8 Å². The van der Waals surface area contributed by atoms with Gasteiger partial charge in [-0.3, -0.25) is 0 Å². The fraction of sp³-hybridized carbons (Fsp3) is 0.600. The first-order valence-corrected chi connectivity index (χ1v) is 8.90. The van der Waals surface area contributed by atoms with Crippen LogP contribution in [0.4, 0.5) is 0 Å². The summed E-state index contributed by atoms with van der Waals surface area (Å²) in [6.45, 7) is 10.7. The third kappa shape index (κ3) is 4.11. The molecule has 110 valence electrons. The molecule has 0 radical (unpaired) electrons. The zero-order valence-electron chi connectivity index (χ0n) is 12.7. The van der Waals surface area contributed by atoms with E-state index in [-0.39, 0.29) is 0 Å². The van der Waals surface area contributed by atoms with Crippen molar-refractivity contribution in [3.63, 3.8) is 0 Å². The first-order valence-electron chi connectivity index (χ1n) is 7.20. The van der Waals surface area contributed by atoms with Gasteiger partial charge in [-0.05, 0) is 25.8 Å². The van der Waals surface area contributed by atoms with Crippen LogP contribution in [0.3, 0.4) is 0 Å². The molecule has 2 aromatic rings. The van der Waals surface area contributed by atoms with E-state index in [1.54, 1.807) is 11.3 Å². The van der Waals surface area contributed by atoms with E-state index in [1.165, 1.54) is 27.0 Å². The second-order valence-corrected chi connectivity index (χ2v) is 7.42. The van der Waals surface area contributed by atoms with Gasteiger partial charge >= 0.3 is 0 Å². The number of aromatic nitrogens is 2. The average molecular weight is 310 g/mol. The number of aryl methyl sites for hydroxylation is 1. The van der Waals surface area contributed by atoms with Gasteiger partial charge in [0, 0.05) is 22.5 Å². The largest absolute Gasteiger partial charge is 0.312 e. The van der Waals surface area contributed by atoms with Crippen molar-refractivity contribution in [2.75, 3.05) is 6.54 Å². The van der Waals surface area contributed by atoms with Crippen molar-refractivity contribution in [3.8, 4) is 0 Å². The van der Waals surface area contributed by atoms with Crippen LogP contribution in [0, 0.1) is 6.92 Å². The summed E-state index contributed by atoms with van der Waals surface area (Å²) in [5.41, 5.74) is 2.36. The Bertz CT molecular complexity index is 543. The van der Waals surface area contributed by atoms with Gasteiger partial charge in [-0.2, -0.15) is 0 Å². The van der Waals surface area contributed by atoms with Gasteiger partial charge in [0.05, 0.1) is 22.1 Å². The highest BCUT2D eigenvalue weighted by Gasteiger charge is 2.15. The quantitative estimate of drug-likeness (QED) is 0.782. The molecule has 0 amide bonds. The molecule has 0 aromatic carbocycles. The highest BCUT2D eigenvalue weighted by Crippen LogP contribution is 2.27.